The monoisotopic (exact) mass is 403 g/mol. The normalized spacial score (nSPS) is 26.9. The number of carbonyl (C=O) groups is 1. The number of allylic oxidation sites excluding steroid dienone is 1. The summed E-state index contributed by atoms with van der Waals surface area (Å²) < 4.78 is 10.9. The van der Waals surface area contributed by atoms with E-state index in [9.17, 15) is 4.79 Å². The number of nitrogens with zero attached hydrogens (tertiary/aromatic N) is 3. The number of nitrogens with two attached hydrogens (primary N) is 1. The van der Waals surface area contributed by atoms with Crippen LogP contribution >= 0.6 is 0 Å². The molecule has 4 unspecified atom stereocenters. The second-order valence-corrected chi connectivity index (χ2v) is 8.21. The quantitative estimate of drug-likeness (QED) is 0.740. The molecule has 8 heteroatoms. The number of rotatable bonds is 5. The van der Waals surface area contributed by atoms with Crippen molar-refractivity contribution in [3.05, 3.63) is 47.4 Å². The van der Waals surface area contributed by atoms with Crippen molar-refractivity contribution < 1.29 is 14.3 Å². The highest BCUT2D eigenvalue weighted by Gasteiger charge is 2.47. The molecule has 30 heavy (non-hydrogen) atoms. The molecule has 8 nitrogen and oxygen atoms in total. The van der Waals surface area contributed by atoms with Gasteiger partial charge in [0.05, 0.1) is 11.6 Å². The van der Waals surface area contributed by atoms with E-state index in [4.69, 9.17) is 25.2 Å². The first-order valence-electron chi connectivity index (χ1n) is 10.2. The maximum absolute atomic E-state index is 12.1. The molecule has 4 aliphatic rings. The maximum Gasteiger partial charge on any atom is 0.231 e. The molecule has 0 spiro atoms. The van der Waals surface area contributed by atoms with E-state index in [1.165, 1.54) is 0 Å². The lowest BCUT2D eigenvalue weighted by atomic mass is 9.88. The zero-order valence-corrected chi connectivity index (χ0v) is 16.2. The molecule has 3 heterocycles. The molecule has 2 aliphatic carbocycles. The predicted molar refractivity (Wildman–Crippen MR) is 110 cm³/mol. The van der Waals surface area contributed by atoms with Crippen LogP contribution in [0.5, 0.6) is 11.5 Å². The number of fused-ring (bicyclic) bond motifs is 4. The lowest BCUT2D eigenvalue weighted by Crippen LogP contribution is -2.41. The topological polar surface area (TPSA) is 112 Å². The van der Waals surface area contributed by atoms with E-state index in [-0.39, 0.29) is 36.5 Å². The van der Waals surface area contributed by atoms with Gasteiger partial charge < -0.3 is 20.5 Å². The lowest BCUT2D eigenvalue weighted by Gasteiger charge is -2.27. The molecule has 2 aliphatic heterocycles. The Labute approximate surface area is 173 Å². The number of aromatic nitrogens is 2. The second kappa shape index (κ2) is 6.55. The van der Waals surface area contributed by atoms with E-state index in [2.05, 4.69) is 22.5 Å². The van der Waals surface area contributed by atoms with E-state index < -0.39 is 0 Å². The van der Waals surface area contributed by atoms with Crippen molar-refractivity contribution in [2.75, 3.05) is 12.1 Å². The first kappa shape index (κ1) is 17.4. The molecule has 3 N–H and O–H groups in total. The first-order valence-corrected chi connectivity index (χ1v) is 10.2. The van der Waals surface area contributed by atoms with Gasteiger partial charge in [-0.1, -0.05) is 18.2 Å². The summed E-state index contributed by atoms with van der Waals surface area (Å²) in [5.74, 6) is 2.88. The number of carbonyl (C=O) groups excluding carboxylic acids is 1. The predicted octanol–water partition coefficient (Wildman–Crippen LogP) is 2.14. The Kier molecular flexibility index (Phi) is 3.81. The van der Waals surface area contributed by atoms with Crippen LogP contribution in [0, 0.1) is 17.8 Å². The molecule has 6 rings (SSSR count). The summed E-state index contributed by atoms with van der Waals surface area (Å²) in [7, 11) is 0. The third kappa shape index (κ3) is 2.74. The van der Waals surface area contributed by atoms with Gasteiger partial charge in [-0.15, -0.1) is 0 Å². The van der Waals surface area contributed by atoms with Crippen LogP contribution in [0.3, 0.4) is 0 Å². The Balaban J connectivity index is 1.31. The first-order chi connectivity index (χ1) is 14.7. The van der Waals surface area contributed by atoms with Gasteiger partial charge in [0.15, 0.2) is 17.3 Å². The largest absolute Gasteiger partial charge is 0.454 e. The fourth-order valence-corrected chi connectivity index (χ4v) is 5.03. The number of hydrogen-bond acceptors (Lipinski definition) is 7. The van der Waals surface area contributed by atoms with E-state index in [0.717, 1.165) is 34.9 Å². The van der Waals surface area contributed by atoms with Gasteiger partial charge in [-0.25, -0.2) is 9.97 Å². The van der Waals surface area contributed by atoms with Crippen LogP contribution in [-0.4, -0.2) is 34.9 Å². The average molecular weight is 403 g/mol. The minimum absolute atomic E-state index is 0.0642. The molecule has 1 fully saturated rings. The number of aliphatic imine (C=N–C) groups is 1. The number of primary amides is 1. The van der Waals surface area contributed by atoms with Crippen LogP contribution in [0.4, 0.5) is 11.5 Å². The summed E-state index contributed by atoms with van der Waals surface area (Å²) in [6, 6.07) is 5.81. The molecule has 0 radical (unpaired) electrons. The Morgan fingerprint density at radius 1 is 1.17 bits per heavy atom. The second-order valence-electron chi connectivity index (χ2n) is 8.21. The minimum Gasteiger partial charge on any atom is -0.454 e. The molecule has 1 amide bonds. The Bertz CT molecular complexity index is 1110. The Hall–Kier alpha value is -3.42. The Morgan fingerprint density at radius 2 is 2.03 bits per heavy atom. The van der Waals surface area contributed by atoms with Crippen LogP contribution in [0.25, 0.3) is 0 Å². The van der Waals surface area contributed by atoms with Crippen molar-refractivity contribution in [3.8, 4) is 11.5 Å². The molecule has 1 saturated carbocycles. The number of hydrogen-bond donors (Lipinski definition) is 2. The molecule has 1 aromatic carbocycles. The van der Waals surface area contributed by atoms with E-state index in [0.29, 0.717) is 24.5 Å². The summed E-state index contributed by atoms with van der Waals surface area (Å²) in [6.45, 7) is 0.249. The van der Waals surface area contributed by atoms with Gasteiger partial charge in [0, 0.05) is 25.1 Å². The molecule has 152 valence electrons. The van der Waals surface area contributed by atoms with Crippen LogP contribution in [0.1, 0.15) is 23.5 Å². The molecule has 2 bridgehead atoms. The third-order valence-corrected chi connectivity index (χ3v) is 6.40. The molecule has 1 aromatic heterocycles. The number of anilines is 1. The number of nitrogens with one attached hydrogen (secondary N) is 1. The molecule has 0 saturated heterocycles. The van der Waals surface area contributed by atoms with Gasteiger partial charge in [-0.3, -0.25) is 9.79 Å². The maximum atomic E-state index is 12.1. The number of amides is 1. The zero-order chi connectivity index (χ0) is 20.2. The number of ether oxygens (including phenoxy) is 2. The van der Waals surface area contributed by atoms with Crippen LogP contribution in [0.15, 0.2) is 35.3 Å². The van der Waals surface area contributed by atoms with Crippen molar-refractivity contribution >= 4 is 23.6 Å². The van der Waals surface area contributed by atoms with Gasteiger partial charge in [0.1, 0.15) is 11.5 Å². The average Bonchev–Trinajstić information content (AvgIpc) is 3.50. The van der Waals surface area contributed by atoms with Gasteiger partial charge in [0.25, 0.3) is 0 Å². The molecular weight excluding hydrogens is 382 g/mol. The van der Waals surface area contributed by atoms with Crippen molar-refractivity contribution in [1.29, 1.82) is 0 Å². The zero-order valence-electron chi connectivity index (χ0n) is 16.2. The highest BCUT2D eigenvalue weighted by Crippen LogP contribution is 2.46. The van der Waals surface area contributed by atoms with Crippen molar-refractivity contribution in [2.45, 2.75) is 25.3 Å². The van der Waals surface area contributed by atoms with E-state index in [1.54, 1.807) is 0 Å². The smallest absolute Gasteiger partial charge is 0.231 e. The van der Waals surface area contributed by atoms with Gasteiger partial charge in [0.2, 0.25) is 12.7 Å². The van der Waals surface area contributed by atoms with Crippen molar-refractivity contribution in [1.82, 2.24) is 9.97 Å². The van der Waals surface area contributed by atoms with Gasteiger partial charge >= 0.3 is 0 Å². The van der Waals surface area contributed by atoms with Gasteiger partial charge in [-0.05, 0) is 36.0 Å². The fourth-order valence-electron chi connectivity index (χ4n) is 5.03. The molecule has 2 aromatic rings. The highest BCUT2D eigenvalue weighted by atomic mass is 16.7. The highest BCUT2D eigenvalue weighted by molar-refractivity contribution is 5.82. The van der Waals surface area contributed by atoms with E-state index in [1.807, 2.05) is 24.4 Å². The van der Waals surface area contributed by atoms with Gasteiger partial charge in [-0.2, -0.15) is 0 Å². The Morgan fingerprint density at radius 3 is 2.93 bits per heavy atom. The molecular formula is C22H21N5O3. The third-order valence-electron chi connectivity index (χ3n) is 6.40. The van der Waals surface area contributed by atoms with Crippen LogP contribution in [0.2, 0.25) is 0 Å². The summed E-state index contributed by atoms with van der Waals surface area (Å²) in [5.41, 5.74) is 8.43. The summed E-state index contributed by atoms with van der Waals surface area (Å²) >= 11 is 0. The number of benzene rings is 1. The summed E-state index contributed by atoms with van der Waals surface area (Å²) in [6.07, 6.45) is 8.34. The standard InChI is InChI=1S/C22H21N5O3/c23-21(28)18-12-2-3-13(9-12)19(18)27-22-20-14(5-6-24-20)25-17(26-22)8-11-1-4-15-16(7-11)30-10-29-15/h1-4,6-7,12-13,18-19H,5,8-10H2,(H2,23,28)(H,25,26,27). The fraction of sp³-hybridized carbons (Fsp3) is 0.364. The summed E-state index contributed by atoms with van der Waals surface area (Å²) in [4.78, 5) is 26.1. The molecule has 4 atom stereocenters. The van der Waals surface area contributed by atoms with Crippen molar-refractivity contribution in [3.63, 3.8) is 0 Å². The van der Waals surface area contributed by atoms with Crippen molar-refractivity contribution in [2.24, 2.45) is 28.5 Å². The minimum atomic E-state index is -0.265. The lowest BCUT2D eigenvalue weighted by molar-refractivity contribution is -0.122. The van der Waals surface area contributed by atoms with Crippen LogP contribution in [-0.2, 0) is 17.6 Å². The van der Waals surface area contributed by atoms with Crippen LogP contribution < -0.4 is 20.5 Å². The summed E-state index contributed by atoms with van der Waals surface area (Å²) in [5, 5.41) is 3.51. The van der Waals surface area contributed by atoms with E-state index >= 15 is 0 Å². The SMILES string of the molecule is NC(=O)C1C2C=CC(C2)C1Nc1nc(Cc2ccc3c(c2)OCO3)nc2c1N=CC2.